The number of hydrogen-bond donors (Lipinski definition) is 2. The Morgan fingerprint density at radius 3 is 2.58 bits per heavy atom. The van der Waals surface area contributed by atoms with Crippen molar-refractivity contribution in [2.75, 3.05) is 14.1 Å². The fourth-order valence-corrected chi connectivity index (χ4v) is 4.69. The first-order chi connectivity index (χ1) is 17.3. The standard InChI is InChI=1S/C24H23ClF3N5O4.ClH/c1-32(2)10-12-7-16(25)19(29-9-12)20(24(26,27)28)31-21(35)13-3-4-15-14(8-13)11-33(23(15)37)17-5-6-18(34)30-22(17)36;/h3-4,7-9,17,20H,5-6,10-11H2,1-2H3,(H,31,35)(H,30,34,36);1H/t17?,20-;/m1./s1. The van der Waals surface area contributed by atoms with E-state index in [0.717, 1.165) is 0 Å². The van der Waals surface area contributed by atoms with Gasteiger partial charge in [0.05, 0.1) is 10.7 Å². The van der Waals surface area contributed by atoms with Crippen LogP contribution in [-0.4, -0.2) is 64.7 Å². The number of carbonyl (C=O) groups is 4. The molecule has 0 aliphatic carbocycles. The van der Waals surface area contributed by atoms with Crippen LogP contribution in [0.5, 0.6) is 0 Å². The van der Waals surface area contributed by atoms with E-state index in [1.807, 2.05) is 5.32 Å². The van der Waals surface area contributed by atoms with Crippen LogP contribution in [0.3, 0.4) is 0 Å². The Bertz CT molecular complexity index is 1290. The maximum Gasteiger partial charge on any atom is 0.414 e. The molecule has 4 rings (SSSR count). The molecule has 0 radical (unpaired) electrons. The van der Waals surface area contributed by atoms with Crippen molar-refractivity contribution in [2.24, 2.45) is 0 Å². The van der Waals surface area contributed by atoms with E-state index in [1.165, 1.54) is 35.4 Å². The summed E-state index contributed by atoms with van der Waals surface area (Å²) in [6.07, 6.45) is -3.37. The maximum atomic E-state index is 13.9. The summed E-state index contributed by atoms with van der Waals surface area (Å²) in [5.41, 5.74) is 0.580. The molecule has 3 heterocycles. The summed E-state index contributed by atoms with van der Waals surface area (Å²) >= 11 is 6.12. The van der Waals surface area contributed by atoms with Gasteiger partial charge in [0.15, 0.2) is 6.04 Å². The molecule has 204 valence electrons. The number of benzene rings is 1. The van der Waals surface area contributed by atoms with Gasteiger partial charge < -0.3 is 15.1 Å². The van der Waals surface area contributed by atoms with Crippen LogP contribution >= 0.6 is 24.0 Å². The third kappa shape index (κ3) is 6.08. The minimum absolute atomic E-state index is 0. The molecule has 0 saturated carbocycles. The highest BCUT2D eigenvalue weighted by atomic mass is 35.5. The number of imide groups is 1. The van der Waals surface area contributed by atoms with Gasteiger partial charge in [-0.05, 0) is 55.9 Å². The van der Waals surface area contributed by atoms with E-state index in [9.17, 15) is 32.3 Å². The molecule has 2 aromatic rings. The van der Waals surface area contributed by atoms with Crippen molar-refractivity contribution >= 4 is 47.6 Å². The second-order valence-electron chi connectivity index (χ2n) is 9.17. The van der Waals surface area contributed by atoms with E-state index in [2.05, 4.69) is 10.3 Å². The molecule has 0 bridgehead atoms. The number of amides is 4. The minimum atomic E-state index is -4.88. The number of pyridine rings is 1. The number of piperidine rings is 1. The maximum absolute atomic E-state index is 13.9. The second kappa shape index (κ2) is 11.3. The Morgan fingerprint density at radius 2 is 1.97 bits per heavy atom. The van der Waals surface area contributed by atoms with Gasteiger partial charge in [-0.25, -0.2) is 0 Å². The summed E-state index contributed by atoms with van der Waals surface area (Å²) in [4.78, 5) is 56.3. The van der Waals surface area contributed by atoms with Crippen LogP contribution in [0.1, 0.15) is 56.4 Å². The van der Waals surface area contributed by atoms with Gasteiger partial charge in [0.25, 0.3) is 11.8 Å². The molecule has 9 nitrogen and oxygen atoms in total. The first kappa shape index (κ1) is 29.3. The fraction of sp³-hybridized carbons (Fsp3) is 0.375. The van der Waals surface area contributed by atoms with Crippen molar-refractivity contribution in [1.82, 2.24) is 25.4 Å². The largest absolute Gasteiger partial charge is 0.414 e. The van der Waals surface area contributed by atoms with Crippen LogP contribution in [0.4, 0.5) is 13.2 Å². The number of hydrogen-bond acceptors (Lipinski definition) is 6. The van der Waals surface area contributed by atoms with Gasteiger partial charge >= 0.3 is 6.18 Å². The Hall–Kier alpha value is -3.22. The summed E-state index contributed by atoms with van der Waals surface area (Å²) in [6.45, 7) is 0.394. The lowest BCUT2D eigenvalue weighted by molar-refractivity contribution is -0.156. The first-order valence-electron chi connectivity index (χ1n) is 11.3. The molecule has 2 atom stereocenters. The number of fused-ring (bicyclic) bond motifs is 1. The highest BCUT2D eigenvalue weighted by Crippen LogP contribution is 2.36. The van der Waals surface area contributed by atoms with Crippen LogP contribution in [0.2, 0.25) is 5.02 Å². The normalized spacial score (nSPS) is 18.1. The molecular weight excluding hydrogens is 550 g/mol. The SMILES string of the molecule is CN(C)Cc1cnc([C@@H](NC(=O)c2ccc3c(c2)CN(C2CCC(=O)NC2=O)C3=O)C(F)(F)F)c(Cl)c1.Cl. The Kier molecular flexibility index (Phi) is 8.69. The molecule has 0 spiro atoms. The number of nitrogens with one attached hydrogen (secondary N) is 2. The number of aromatic nitrogens is 1. The highest BCUT2D eigenvalue weighted by molar-refractivity contribution is 6.31. The van der Waals surface area contributed by atoms with E-state index in [0.29, 0.717) is 17.7 Å². The van der Waals surface area contributed by atoms with E-state index in [1.54, 1.807) is 19.0 Å². The summed E-state index contributed by atoms with van der Waals surface area (Å²) in [5, 5.41) is 3.91. The Morgan fingerprint density at radius 1 is 1.26 bits per heavy atom. The zero-order chi connectivity index (χ0) is 27.1. The molecule has 1 aromatic heterocycles. The zero-order valence-electron chi connectivity index (χ0n) is 20.3. The third-order valence-corrected chi connectivity index (χ3v) is 6.39. The third-order valence-electron chi connectivity index (χ3n) is 6.09. The molecule has 1 fully saturated rings. The average Bonchev–Trinajstić information content (AvgIpc) is 3.12. The number of halogens is 5. The summed E-state index contributed by atoms with van der Waals surface area (Å²) in [6, 6.07) is 1.95. The molecular formula is C24H24Cl2F3N5O4. The Labute approximate surface area is 227 Å². The van der Waals surface area contributed by atoms with Gasteiger partial charge in [-0.3, -0.25) is 29.5 Å². The number of rotatable bonds is 6. The quantitative estimate of drug-likeness (QED) is 0.514. The molecule has 2 N–H and O–H groups in total. The summed E-state index contributed by atoms with van der Waals surface area (Å²) in [5.74, 6) is -2.51. The monoisotopic (exact) mass is 573 g/mol. The number of alkyl halides is 3. The molecule has 1 saturated heterocycles. The molecule has 14 heteroatoms. The minimum Gasteiger partial charge on any atom is -0.335 e. The van der Waals surface area contributed by atoms with E-state index in [4.69, 9.17) is 11.6 Å². The van der Waals surface area contributed by atoms with Crippen LogP contribution in [0, 0.1) is 0 Å². The van der Waals surface area contributed by atoms with Crippen molar-refractivity contribution in [1.29, 1.82) is 0 Å². The van der Waals surface area contributed by atoms with Gasteiger partial charge in [0.2, 0.25) is 11.8 Å². The van der Waals surface area contributed by atoms with Crippen molar-refractivity contribution in [3.05, 3.63) is 63.4 Å². The van der Waals surface area contributed by atoms with Crippen molar-refractivity contribution < 1.29 is 32.3 Å². The van der Waals surface area contributed by atoms with Crippen molar-refractivity contribution in [3.8, 4) is 0 Å². The van der Waals surface area contributed by atoms with Gasteiger partial charge in [0, 0.05) is 36.8 Å². The van der Waals surface area contributed by atoms with E-state index in [-0.39, 0.29) is 47.9 Å². The highest BCUT2D eigenvalue weighted by Gasteiger charge is 2.44. The Balaban J connectivity index is 0.00000400. The van der Waals surface area contributed by atoms with Gasteiger partial charge in [-0.2, -0.15) is 13.2 Å². The van der Waals surface area contributed by atoms with Crippen LogP contribution < -0.4 is 10.6 Å². The first-order valence-corrected chi connectivity index (χ1v) is 11.7. The average molecular weight is 574 g/mol. The number of nitrogens with zero attached hydrogens (tertiary/aromatic N) is 3. The fourth-order valence-electron chi connectivity index (χ4n) is 4.39. The summed E-state index contributed by atoms with van der Waals surface area (Å²) < 4.78 is 41.8. The molecule has 4 amide bonds. The smallest absolute Gasteiger partial charge is 0.335 e. The predicted molar refractivity (Wildman–Crippen MR) is 133 cm³/mol. The van der Waals surface area contributed by atoms with Crippen LogP contribution in [0.15, 0.2) is 30.5 Å². The summed E-state index contributed by atoms with van der Waals surface area (Å²) in [7, 11) is 3.57. The lowest BCUT2D eigenvalue weighted by Crippen LogP contribution is -2.52. The molecule has 2 aliphatic heterocycles. The lowest BCUT2D eigenvalue weighted by Gasteiger charge is -2.29. The topological polar surface area (TPSA) is 112 Å². The molecule has 1 unspecified atom stereocenters. The van der Waals surface area contributed by atoms with E-state index < -0.39 is 47.6 Å². The molecule has 2 aliphatic rings. The zero-order valence-corrected chi connectivity index (χ0v) is 21.8. The second-order valence-corrected chi connectivity index (χ2v) is 9.58. The lowest BCUT2D eigenvalue weighted by atomic mass is 10.0. The molecule has 38 heavy (non-hydrogen) atoms. The van der Waals surface area contributed by atoms with Crippen molar-refractivity contribution in [3.63, 3.8) is 0 Å². The van der Waals surface area contributed by atoms with Gasteiger partial charge in [0.1, 0.15) is 6.04 Å². The van der Waals surface area contributed by atoms with Gasteiger partial charge in [-0.1, -0.05) is 11.6 Å². The predicted octanol–water partition coefficient (Wildman–Crippen LogP) is 3.01. The van der Waals surface area contributed by atoms with E-state index >= 15 is 0 Å². The number of carbonyl (C=O) groups excluding carboxylic acids is 4. The molecule has 1 aromatic carbocycles. The van der Waals surface area contributed by atoms with Crippen LogP contribution in [0.25, 0.3) is 0 Å². The van der Waals surface area contributed by atoms with Gasteiger partial charge in [-0.15, -0.1) is 12.4 Å². The van der Waals surface area contributed by atoms with Crippen molar-refractivity contribution in [2.45, 2.75) is 44.2 Å². The van der Waals surface area contributed by atoms with Crippen LogP contribution in [-0.2, 0) is 22.7 Å².